The molecular weight excluding hydrogens is 319 g/mol. The van der Waals surface area contributed by atoms with Crippen molar-refractivity contribution >= 4 is 23.2 Å². The maximum Gasteiger partial charge on any atom is 0.164 e. The molecule has 6 heteroatoms. The number of aliphatic hydroxyl groups is 1. The second-order valence-corrected chi connectivity index (χ2v) is 5.44. The summed E-state index contributed by atoms with van der Waals surface area (Å²) >= 11 is 11.9. The number of hydrogen-bond acceptors (Lipinski definition) is 2. The first kappa shape index (κ1) is 16.2. The molecule has 0 aliphatic heterocycles. The maximum atomic E-state index is 13.8. The topological polar surface area (TPSA) is 46.2 Å². The summed E-state index contributed by atoms with van der Waals surface area (Å²) in [6.45, 7) is 0.0124. The Kier molecular flexibility index (Phi) is 5.17. The highest BCUT2D eigenvalue weighted by Gasteiger charge is 2.26. The van der Waals surface area contributed by atoms with Gasteiger partial charge in [0.1, 0.15) is 0 Å². The lowest BCUT2D eigenvalue weighted by atomic mass is 9.89. The van der Waals surface area contributed by atoms with E-state index >= 15 is 0 Å². The van der Waals surface area contributed by atoms with Crippen molar-refractivity contribution < 1.29 is 13.9 Å². The molecule has 2 atom stereocenters. The molecule has 21 heavy (non-hydrogen) atoms. The number of rotatable bonds is 4. The molecule has 2 unspecified atom stereocenters. The van der Waals surface area contributed by atoms with Gasteiger partial charge >= 0.3 is 0 Å². The van der Waals surface area contributed by atoms with Gasteiger partial charge in [-0.1, -0.05) is 41.4 Å². The molecule has 0 radical (unpaired) electrons. The lowest BCUT2D eigenvalue weighted by Gasteiger charge is -2.23. The molecule has 0 heterocycles. The van der Waals surface area contributed by atoms with E-state index < -0.39 is 23.7 Å². The van der Waals surface area contributed by atoms with Gasteiger partial charge in [-0.2, -0.15) is 0 Å². The third kappa shape index (κ3) is 3.35. The molecule has 2 aromatic rings. The summed E-state index contributed by atoms with van der Waals surface area (Å²) in [7, 11) is 0. The molecule has 0 aliphatic rings. The molecule has 3 N–H and O–H groups in total. The van der Waals surface area contributed by atoms with E-state index in [1.165, 1.54) is 18.2 Å². The van der Waals surface area contributed by atoms with Crippen molar-refractivity contribution in [3.8, 4) is 0 Å². The molecule has 0 fully saturated rings. The quantitative estimate of drug-likeness (QED) is 0.887. The van der Waals surface area contributed by atoms with Crippen LogP contribution in [0.5, 0.6) is 0 Å². The number of halogens is 4. The van der Waals surface area contributed by atoms with Crippen molar-refractivity contribution in [1.82, 2.24) is 0 Å². The van der Waals surface area contributed by atoms with Crippen LogP contribution in [0, 0.1) is 11.6 Å². The highest BCUT2D eigenvalue weighted by Crippen LogP contribution is 2.36. The number of aliphatic hydroxyl groups excluding tert-OH is 1. The van der Waals surface area contributed by atoms with Gasteiger partial charge in [0.25, 0.3) is 0 Å². The fraction of sp³-hybridized carbons (Fsp3) is 0.200. The Labute approximate surface area is 131 Å². The van der Waals surface area contributed by atoms with Crippen LogP contribution in [0.15, 0.2) is 36.4 Å². The zero-order valence-corrected chi connectivity index (χ0v) is 12.4. The summed E-state index contributed by atoms with van der Waals surface area (Å²) in [6, 6.07) is 8.35. The smallest absolute Gasteiger partial charge is 0.164 e. The lowest BCUT2D eigenvalue weighted by Crippen LogP contribution is -2.21. The molecule has 0 saturated carbocycles. The summed E-state index contributed by atoms with van der Waals surface area (Å²) in [5, 5.41) is 11.1. The molecule has 2 rings (SSSR count). The number of hydrogen-bond donors (Lipinski definition) is 2. The van der Waals surface area contributed by atoms with Crippen LogP contribution in [0.1, 0.15) is 23.1 Å². The van der Waals surface area contributed by atoms with Crippen molar-refractivity contribution in [3.05, 3.63) is 69.2 Å². The van der Waals surface area contributed by atoms with E-state index in [0.717, 1.165) is 6.07 Å². The van der Waals surface area contributed by atoms with E-state index in [9.17, 15) is 13.9 Å². The minimum absolute atomic E-state index is 0.0124. The SMILES string of the molecule is NCC(c1ccc(Cl)cc1Cl)C(O)c1cccc(F)c1F. The minimum Gasteiger partial charge on any atom is -0.388 e. The Morgan fingerprint density at radius 2 is 1.81 bits per heavy atom. The van der Waals surface area contributed by atoms with E-state index in [1.54, 1.807) is 12.1 Å². The number of benzene rings is 2. The van der Waals surface area contributed by atoms with Crippen molar-refractivity contribution in [2.75, 3.05) is 6.54 Å². The standard InChI is InChI=1S/C15H13Cl2F2NO/c16-8-4-5-9(12(17)6-8)11(7-20)15(21)10-2-1-3-13(18)14(10)19/h1-6,11,15,21H,7,20H2. The van der Waals surface area contributed by atoms with Gasteiger partial charge in [-0.25, -0.2) is 8.78 Å². The minimum atomic E-state index is -1.32. The second-order valence-electron chi connectivity index (χ2n) is 4.60. The van der Waals surface area contributed by atoms with Crippen LogP contribution < -0.4 is 5.73 Å². The monoisotopic (exact) mass is 331 g/mol. The van der Waals surface area contributed by atoms with E-state index in [2.05, 4.69) is 0 Å². The van der Waals surface area contributed by atoms with Crippen LogP contribution in [0.2, 0.25) is 10.0 Å². The zero-order chi connectivity index (χ0) is 15.6. The first-order valence-electron chi connectivity index (χ1n) is 6.22. The first-order valence-corrected chi connectivity index (χ1v) is 6.98. The molecule has 0 bridgehead atoms. The van der Waals surface area contributed by atoms with Crippen LogP contribution in [-0.4, -0.2) is 11.7 Å². The summed E-state index contributed by atoms with van der Waals surface area (Å²) in [6.07, 6.45) is -1.32. The summed E-state index contributed by atoms with van der Waals surface area (Å²) < 4.78 is 27.1. The number of nitrogens with two attached hydrogens (primary N) is 1. The van der Waals surface area contributed by atoms with Crippen LogP contribution in [0.4, 0.5) is 8.78 Å². The van der Waals surface area contributed by atoms with E-state index in [-0.39, 0.29) is 12.1 Å². The Bertz CT molecular complexity index is 652. The third-order valence-electron chi connectivity index (χ3n) is 3.30. The predicted octanol–water partition coefficient (Wildman–Crippen LogP) is 4.05. The second kappa shape index (κ2) is 6.71. The van der Waals surface area contributed by atoms with Crippen molar-refractivity contribution in [2.45, 2.75) is 12.0 Å². The van der Waals surface area contributed by atoms with Gasteiger partial charge in [-0.05, 0) is 23.8 Å². The molecule has 0 saturated heterocycles. The molecule has 0 amide bonds. The summed E-state index contributed by atoms with van der Waals surface area (Å²) in [4.78, 5) is 0. The maximum absolute atomic E-state index is 13.8. The summed E-state index contributed by atoms with van der Waals surface area (Å²) in [5.74, 6) is -2.79. The molecule has 0 aromatic heterocycles. The van der Waals surface area contributed by atoms with Crippen LogP contribution in [-0.2, 0) is 0 Å². The fourth-order valence-corrected chi connectivity index (χ4v) is 2.74. The van der Waals surface area contributed by atoms with Gasteiger partial charge in [-0.15, -0.1) is 0 Å². The lowest BCUT2D eigenvalue weighted by molar-refractivity contribution is 0.142. The van der Waals surface area contributed by atoms with Crippen molar-refractivity contribution in [1.29, 1.82) is 0 Å². The molecule has 112 valence electrons. The van der Waals surface area contributed by atoms with E-state index in [4.69, 9.17) is 28.9 Å². The predicted molar refractivity (Wildman–Crippen MR) is 79.6 cm³/mol. The first-order chi connectivity index (χ1) is 9.95. The average Bonchev–Trinajstić information content (AvgIpc) is 2.44. The largest absolute Gasteiger partial charge is 0.388 e. The van der Waals surface area contributed by atoms with Gasteiger partial charge in [0.05, 0.1) is 6.10 Å². The molecule has 0 aliphatic carbocycles. The summed E-state index contributed by atoms with van der Waals surface area (Å²) in [5.41, 5.74) is 6.04. The fourth-order valence-electron chi connectivity index (χ4n) is 2.19. The van der Waals surface area contributed by atoms with Gasteiger partial charge in [0.2, 0.25) is 0 Å². The van der Waals surface area contributed by atoms with E-state index in [0.29, 0.717) is 15.6 Å². The zero-order valence-electron chi connectivity index (χ0n) is 10.9. The van der Waals surface area contributed by atoms with Crippen LogP contribution in [0.25, 0.3) is 0 Å². The van der Waals surface area contributed by atoms with Crippen molar-refractivity contribution in [2.24, 2.45) is 5.73 Å². The van der Waals surface area contributed by atoms with Gasteiger partial charge in [-0.3, -0.25) is 0 Å². The van der Waals surface area contributed by atoms with Crippen LogP contribution in [0.3, 0.4) is 0 Å². The van der Waals surface area contributed by atoms with Gasteiger partial charge in [0.15, 0.2) is 11.6 Å². The molecular formula is C15H13Cl2F2NO. The highest BCUT2D eigenvalue weighted by molar-refractivity contribution is 6.35. The van der Waals surface area contributed by atoms with Gasteiger partial charge < -0.3 is 10.8 Å². The van der Waals surface area contributed by atoms with Gasteiger partial charge in [0, 0.05) is 28.1 Å². The van der Waals surface area contributed by atoms with E-state index in [1.807, 2.05) is 0 Å². The van der Waals surface area contributed by atoms with Crippen LogP contribution >= 0.6 is 23.2 Å². The Morgan fingerprint density at radius 1 is 1.10 bits per heavy atom. The third-order valence-corrected chi connectivity index (χ3v) is 3.86. The highest BCUT2D eigenvalue weighted by atomic mass is 35.5. The average molecular weight is 332 g/mol. The molecule has 0 spiro atoms. The Morgan fingerprint density at radius 3 is 2.43 bits per heavy atom. The molecule has 2 aromatic carbocycles. The van der Waals surface area contributed by atoms with Crippen molar-refractivity contribution in [3.63, 3.8) is 0 Å². The normalized spacial score (nSPS) is 14.0. The Balaban J connectivity index is 2.43. The Hall–Kier alpha value is -1.20. The molecule has 2 nitrogen and oxygen atoms in total.